The van der Waals surface area contributed by atoms with Crippen molar-refractivity contribution in [1.82, 2.24) is 4.98 Å². The van der Waals surface area contributed by atoms with Crippen LogP contribution in [0.25, 0.3) is 0 Å². The topological polar surface area (TPSA) is 93.0 Å². The molecule has 0 radical (unpaired) electrons. The molecule has 2 aromatic rings. The number of fused-ring (bicyclic) bond motifs is 1. The van der Waals surface area contributed by atoms with Crippen LogP contribution >= 0.6 is 0 Å². The third-order valence-electron chi connectivity index (χ3n) is 3.84. The predicted octanol–water partition coefficient (Wildman–Crippen LogP) is 1.39. The molecule has 0 bridgehead atoms. The Morgan fingerprint density at radius 3 is 2.52 bits per heavy atom. The number of nitrogens with one attached hydrogen (secondary N) is 1. The van der Waals surface area contributed by atoms with E-state index in [1.807, 2.05) is 30.3 Å². The summed E-state index contributed by atoms with van der Waals surface area (Å²) in [4.78, 5) is 37.9. The van der Waals surface area contributed by atoms with Crippen LogP contribution in [0.5, 0.6) is 0 Å². The Hall–Kier alpha value is -2.69. The van der Waals surface area contributed by atoms with E-state index in [2.05, 4.69) is 4.98 Å². The lowest BCUT2D eigenvalue weighted by Gasteiger charge is -2.23. The van der Waals surface area contributed by atoms with Crippen LogP contribution < -0.4 is 11.3 Å². The molecular weight excluding hydrogens is 268 g/mol. The number of carbonyl (C=O) groups excluding carboxylic acids is 2. The number of ketones is 1. The monoisotopic (exact) mass is 282 g/mol. The maximum absolute atomic E-state index is 12.3. The van der Waals surface area contributed by atoms with Gasteiger partial charge in [0.05, 0.1) is 0 Å². The highest BCUT2D eigenvalue weighted by atomic mass is 16.2. The number of carbonyl (C=O) groups is 2. The van der Waals surface area contributed by atoms with Gasteiger partial charge in [-0.15, -0.1) is 0 Å². The number of hydrogen-bond acceptors (Lipinski definition) is 3. The van der Waals surface area contributed by atoms with E-state index in [4.69, 9.17) is 5.73 Å². The van der Waals surface area contributed by atoms with Gasteiger partial charge in [-0.2, -0.15) is 0 Å². The van der Waals surface area contributed by atoms with Crippen molar-refractivity contribution in [2.75, 3.05) is 0 Å². The van der Waals surface area contributed by atoms with Crippen LogP contribution in [0.4, 0.5) is 0 Å². The van der Waals surface area contributed by atoms with Gasteiger partial charge in [0.15, 0.2) is 5.78 Å². The van der Waals surface area contributed by atoms with Crippen molar-refractivity contribution >= 4 is 11.7 Å². The van der Waals surface area contributed by atoms with Gasteiger partial charge in [0.25, 0.3) is 11.5 Å². The number of hydrogen-bond donors (Lipinski definition) is 2. The first-order valence-electron chi connectivity index (χ1n) is 6.70. The number of aromatic nitrogens is 1. The Labute approximate surface area is 120 Å². The van der Waals surface area contributed by atoms with Crippen LogP contribution in [-0.4, -0.2) is 16.7 Å². The van der Waals surface area contributed by atoms with Gasteiger partial charge >= 0.3 is 0 Å². The van der Waals surface area contributed by atoms with Crippen LogP contribution in [0.3, 0.4) is 0 Å². The molecule has 0 saturated carbocycles. The van der Waals surface area contributed by atoms with Crippen LogP contribution in [0.2, 0.25) is 0 Å². The Morgan fingerprint density at radius 1 is 1.14 bits per heavy atom. The Morgan fingerprint density at radius 2 is 1.86 bits per heavy atom. The lowest BCUT2D eigenvalue weighted by Crippen LogP contribution is -2.29. The van der Waals surface area contributed by atoms with Gasteiger partial charge in [-0.3, -0.25) is 14.4 Å². The van der Waals surface area contributed by atoms with Crippen LogP contribution in [-0.2, 0) is 6.42 Å². The molecule has 0 saturated heterocycles. The fraction of sp³-hybridized carbons (Fsp3) is 0.188. The highest BCUT2D eigenvalue weighted by molar-refractivity contribution is 6.01. The zero-order valence-electron chi connectivity index (χ0n) is 11.3. The molecule has 1 amide bonds. The normalized spacial score (nSPS) is 17.3. The molecule has 21 heavy (non-hydrogen) atoms. The van der Waals surface area contributed by atoms with Gasteiger partial charge in [-0.1, -0.05) is 30.3 Å². The lowest BCUT2D eigenvalue weighted by atomic mass is 9.81. The van der Waals surface area contributed by atoms with Crippen molar-refractivity contribution < 1.29 is 9.59 Å². The highest BCUT2D eigenvalue weighted by Gasteiger charge is 2.28. The van der Waals surface area contributed by atoms with Gasteiger partial charge in [0.1, 0.15) is 5.56 Å². The smallest absolute Gasteiger partial charge is 0.261 e. The van der Waals surface area contributed by atoms with E-state index in [-0.39, 0.29) is 17.3 Å². The molecule has 3 N–H and O–H groups in total. The summed E-state index contributed by atoms with van der Waals surface area (Å²) < 4.78 is 0. The summed E-state index contributed by atoms with van der Waals surface area (Å²) in [5, 5.41) is 0. The molecule has 3 rings (SSSR count). The number of rotatable bonds is 2. The number of nitrogens with two attached hydrogens (primary N) is 1. The summed E-state index contributed by atoms with van der Waals surface area (Å²) in [7, 11) is 0. The van der Waals surface area contributed by atoms with Gasteiger partial charge in [0.2, 0.25) is 0 Å². The third kappa shape index (κ3) is 2.38. The Bertz CT molecular complexity index is 778. The molecular formula is C16H14N2O3. The summed E-state index contributed by atoms with van der Waals surface area (Å²) >= 11 is 0. The van der Waals surface area contributed by atoms with E-state index in [9.17, 15) is 14.4 Å². The van der Waals surface area contributed by atoms with Crippen LogP contribution in [0, 0.1) is 0 Å². The maximum atomic E-state index is 12.3. The van der Waals surface area contributed by atoms with Gasteiger partial charge < -0.3 is 10.7 Å². The van der Waals surface area contributed by atoms with E-state index < -0.39 is 11.5 Å². The maximum Gasteiger partial charge on any atom is 0.261 e. The zero-order chi connectivity index (χ0) is 15.0. The molecule has 1 aromatic heterocycles. The van der Waals surface area contributed by atoms with Crippen molar-refractivity contribution in [1.29, 1.82) is 0 Å². The number of pyridine rings is 1. The molecule has 1 heterocycles. The summed E-state index contributed by atoms with van der Waals surface area (Å²) in [5.41, 5.74) is 6.48. The summed E-state index contributed by atoms with van der Waals surface area (Å²) in [5.74, 6) is -0.859. The number of primary amides is 1. The summed E-state index contributed by atoms with van der Waals surface area (Å²) in [6.07, 6.45) is 0.931. The second-order valence-corrected chi connectivity index (χ2v) is 5.21. The van der Waals surface area contributed by atoms with E-state index >= 15 is 0 Å². The molecule has 1 atom stereocenters. The SMILES string of the molecule is NC(=O)c1cc2c([nH]c1=O)CC(c1ccccc1)CC2=O. The molecule has 106 valence electrons. The Balaban J connectivity index is 2.04. The molecule has 1 unspecified atom stereocenters. The lowest BCUT2D eigenvalue weighted by molar-refractivity contribution is 0.0963. The predicted molar refractivity (Wildman–Crippen MR) is 77.4 cm³/mol. The number of amides is 1. The van der Waals surface area contributed by atoms with Crippen molar-refractivity contribution in [3.05, 3.63) is 69.1 Å². The first kappa shape index (κ1) is 13.3. The van der Waals surface area contributed by atoms with Crippen LogP contribution in [0.1, 0.15) is 44.3 Å². The minimum atomic E-state index is -0.822. The minimum absolute atomic E-state index is 0.0429. The fourth-order valence-corrected chi connectivity index (χ4v) is 2.77. The van der Waals surface area contributed by atoms with E-state index in [1.54, 1.807) is 0 Å². The third-order valence-corrected chi connectivity index (χ3v) is 3.84. The molecule has 0 spiro atoms. The number of Topliss-reactive ketones (excluding diaryl/α,β-unsaturated/α-hetero) is 1. The van der Waals surface area contributed by atoms with Gasteiger partial charge in [0, 0.05) is 17.7 Å². The molecule has 0 aliphatic heterocycles. The second kappa shape index (κ2) is 5.01. The van der Waals surface area contributed by atoms with Crippen molar-refractivity contribution in [2.24, 2.45) is 5.73 Å². The quantitative estimate of drug-likeness (QED) is 0.871. The molecule has 5 nitrogen and oxygen atoms in total. The average Bonchev–Trinajstić information content (AvgIpc) is 2.47. The first-order valence-corrected chi connectivity index (χ1v) is 6.70. The number of H-pyrrole nitrogens is 1. The van der Waals surface area contributed by atoms with E-state index in [0.717, 1.165) is 5.56 Å². The van der Waals surface area contributed by atoms with Crippen molar-refractivity contribution in [2.45, 2.75) is 18.8 Å². The number of aromatic amines is 1. The summed E-state index contributed by atoms with van der Waals surface area (Å²) in [6.45, 7) is 0. The zero-order valence-corrected chi connectivity index (χ0v) is 11.3. The second-order valence-electron chi connectivity index (χ2n) is 5.21. The van der Waals surface area contributed by atoms with E-state index in [0.29, 0.717) is 24.1 Å². The van der Waals surface area contributed by atoms with Crippen molar-refractivity contribution in [3.8, 4) is 0 Å². The van der Waals surface area contributed by atoms with E-state index in [1.165, 1.54) is 6.07 Å². The number of benzene rings is 1. The standard InChI is InChI=1S/C16H14N2O3/c17-15(20)12-8-11-13(18-16(12)21)6-10(7-14(11)19)9-4-2-1-3-5-9/h1-5,8,10H,6-7H2,(H2,17,20)(H,18,21). The molecule has 5 heteroatoms. The van der Waals surface area contributed by atoms with Gasteiger partial charge in [-0.25, -0.2) is 0 Å². The highest BCUT2D eigenvalue weighted by Crippen LogP contribution is 2.31. The molecule has 1 aromatic carbocycles. The summed E-state index contributed by atoms with van der Waals surface area (Å²) in [6, 6.07) is 11.0. The van der Waals surface area contributed by atoms with Crippen LogP contribution in [0.15, 0.2) is 41.2 Å². The Kier molecular flexibility index (Phi) is 3.17. The molecule has 1 aliphatic rings. The molecule has 0 fully saturated rings. The molecule has 1 aliphatic carbocycles. The minimum Gasteiger partial charge on any atom is -0.365 e. The first-order chi connectivity index (χ1) is 10.1. The average molecular weight is 282 g/mol. The van der Waals surface area contributed by atoms with Crippen molar-refractivity contribution in [3.63, 3.8) is 0 Å². The van der Waals surface area contributed by atoms with Gasteiger partial charge in [-0.05, 0) is 24.0 Å². The largest absolute Gasteiger partial charge is 0.365 e. The fourth-order valence-electron chi connectivity index (χ4n) is 2.77.